The fraction of sp³-hybridized carbons (Fsp3) is 0.263. The van der Waals surface area contributed by atoms with Gasteiger partial charge in [-0.05, 0) is 48.5 Å². The highest BCUT2D eigenvalue weighted by Gasteiger charge is 2.27. The lowest BCUT2D eigenvalue weighted by atomic mass is 9.90. The van der Waals surface area contributed by atoms with Crippen LogP contribution in [0.15, 0.2) is 58.5 Å². The molecule has 0 aromatic heterocycles. The lowest BCUT2D eigenvalue weighted by Gasteiger charge is -2.19. The topological polar surface area (TPSA) is 87.6 Å². The molecule has 0 amide bonds. The largest absolute Gasteiger partial charge is 0.336 e. The third kappa shape index (κ3) is 6.08. The Kier molecular flexibility index (Phi) is 6.28. The van der Waals surface area contributed by atoms with Crippen molar-refractivity contribution in [3.05, 3.63) is 53.6 Å². The molecule has 0 bridgehead atoms. The van der Waals surface area contributed by atoms with Crippen molar-refractivity contribution in [1.82, 2.24) is 0 Å². The highest BCUT2D eigenvalue weighted by atomic mass is 35.5. The SMILES string of the molecule is CC(C)(C)C(=O)/C(=N\Nc1ccc(S(C)(=O)=O)cc1)Nc1ccc(Cl)cc1. The number of hydrazone groups is 1. The Morgan fingerprint density at radius 3 is 1.96 bits per heavy atom. The van der Waals surface area contributed by atoms with Crippen molar-refractivity contribution in [1.29, 1.82) is 0 Å². The van der Waals surface area contributed by atoms with Crippen LogP contribution in [0.25, 0.3) is 0 Å². The number of sulfone groups is 1. The van der Waals surface area contributed by atoms with Crippen LogP contribution in [0.2, 0.25) is 5.02 Å². The van der Waals surface area contributed by atoms with Crippen molar-refractivity contribution >= 4 is 44.4 Å². The Hall–Kier alpha value is -2.38. The summed E-state index contributed by atoms with van der Waals surface area (Å²) in [4.78, 5) is 12.9. The van der Waals surface area contributed by atoms with Gasteiger partial charge >= 0.3 is 0 Å². The molecule has 2 aromatic carbocycles. The number of nitrogens with one attached hydrogen (secondary N) is 2. The average molecular weight is 408 g/mol. The van der Waals surface area contributed by atoms with Gasteiger partial charge in [-0.1, -0.05) is 32.4 Å². The summed E-state index contributed by atoms with van der Waals surface area (Å²) in [5.74, 6) is -0.0466. The van der Waals surface area contributed by atoms with Crippen molar-refractivity contribution < 1.29 is 13.2 Å². The standard InChI is InChI=1S/C19H22ClN3O3S/c1-19(2,3)17(24)18(21-14-7-5-13(20)6-8-14)23-22-15-9-11-16(12-10-15)27(4,25)26/h5-12,22H,1-4H3,(H,21,23). The zero-order valence-electron chi connectivity index (χ0n) is 15.6. The maximum absolute atomic E-state index is 12.7. The fourth-order valence-electron chi connectivity index (χ4n) is 2.06. The van der Waals surface area contributed by atoms with Gasteiger partial charge < -0.3 is 5.32 Å². The molecule has 0 spiro atoms. The van der Waals surface area contributed by atoms with Crippen LogP contribution in [0.5, 0.6) is 0 Å². The summed E-state index contributed by atoms with van der Waals surface area (Å²) in [7, 11) is -3.27. The quantitative estimate of drug-likeness (QED) is 0.440. The molecule has 2 rings (SSSR count). The molecule has 8 heteroatoms. The summed E-state index contributed by atoms with van der Waals surface area (Å²) in [5, 5.41) is 7.78. The van der Waals surface area contributed by atoms with Gasteiger partial charge in [-0.2, -0.15) is 5.10 Å². The van der Waals surface area contributed by atoms with Gasteiger partial charge in [0.1, 0.15) is 0 Å². The van der Waals surface area contributed by atoms with Gasteiger partial charge in [0, 0.05) is 22.4 Å². The van der Waals surface area contributed by atoms with Crippen LogP contribution < -0.4 is 10.7 Å². The Morgan fingerprint density at radius 2 is 1.48 bits per heavy atom. The number of hydrogen-bond acceptors (Lipinski definition) is 5. The van der Waals surface area contributed by atoms with Crippen LogP contribution in [0.3, 0.4) is 0 Å². The molecule has 0 atom stereocenters. The lowest BCUT2D eigenvalue weighted by molar-refractivity contribution is -0.119. The van der Waals surface area contributed by atoms with E-state index in [0.29, 0.717) is 16.4 Å². The first-order valence-electron chi connectivity index (χ1n) is 8.18. The molecule has 0 fully saturated rings. The number of ketones is 1. The lowest BCUT2D eigenvalue weighted by Crippen LogP contribution is -2.34. The van der Waals surface area contributed by atoms with Crippen molar-refractivity contribution in [2.75, 3.05) is 17.0 Å². The Balaban J connectivity index is 2.26. The number of benzene rings is 2. The smallest absolute Gasteiger partial charge is 0.205 e. The van der Waals surface area contributed by atoms with Gasteiger partial charge in [0.15, 0.2) is 15.7 Å². The molecule has 0 aliphatic heterocycles. The number of anilines is 2. The number of hydrogen-bond donors (Lipinski definition) is 2. The van der Waals surface area contributed by atoms with Crippen LogP contribution in [0.4, 0.5) is 11.4 Å². The van der Waals surface area contributed by atoms with Gasteiger partial charge in [0.25, 0.3) is 0 Å². The summed E-state index contributed by atoms with van der Waals surface area (Å²) < 4.78 is 23.1. The predicted octanol–water partition coefficient (Wildman–Crippen LogP) is 4.20. The number of rotatable bonds is 5. The fourth-order valence-corrected chi connectivity index (χ4v) is 2.81. The van der Waals surface area contributed by atoms with Gasteiger partial charge in [-0.25, -0.2) is 8.42 Å². The van der Waals surface area contributed by atoms with E-state index in [4.69, 9.17) is 11.6 Å². The molecule has 2 aromatic rings. The van der Waals surface area contributed by atoms with Crippen molar-refractivity contribution in [3.8, 4) is 0 Å². The minimum Gasteiger partial charge on any atom is -0.336 e. The number of Topliss-reactive ketones (excluding diaryl/α,β-unsaturated/α-hetero) is 1. The van der Waals surface area contributed by atoms with Crippen molar-refractivity contribution in [2.45, 2.75) is 25.7 Å². The maximum Gasteiger partial charge on any atom is 0.205 e. The van der Waals surface area contributed by atoms with Crippen LogP contribution in [-0.4, -0.2) is 26.3 Å². The second kappa shape index (κ2) is 8.10. The first kappa shape index (κ1) is 20.9. The van der Waals surface area contributed by atoms with Gasteiger partial charge in [-0.15, -0.1) is 0 Å². The Morgan fingerprint density at radius 1 is 0.963 bits per heavy atom. The molecule has 0 unspecified atom stereocenters. The third-order valence-electron chi connectivity index (χ3n) is 3.58. The van der Waals surface area contributed by atoms with E-state index in [2.05, 4.69) is 15.8 Å². The number of amidine groups is 1. The van der Waals surface area contributed by atoms with E-state index in [1.807, 2.05) is 0 Å². The van der Waals surface area contributed by atoms with E-state index in [1.54, 1.807) is 57.2 Å². The average Bonchev–Trinajstić information content (AvgIpc) is 2.58. The highest BCUT2D eigenvalue weighted by molar-refractivity contribution is 7.90. The molecule has 0 heterocycles. The molecule has 6 nitrogen and oxygen atoms in total. The number of nitrogens with zero attached hydrogens (tertiary/aromatic N) is 1. The van der Waals surface area contributed by atoms with E-state index in [0.717, 1.165) is 6.26 Å². The zero-order valence-corrected chi connectivity index (χ0v) is 17.1. The normalized spacial score (nSPS) is 12.6. The Labute approximate surface area is 164 Å². The summed E-state index contributed by atoms with van der Waals surface area (Å²) in [6.07, 6.45) is 1.14. The minimum atomic E-state index is -3.27. The molecular weight excluding hydrogens is 386 g/mol. The molecule has 144 valence electrons. The number of halogens is 1. The molecule has 27 heavy (non-hydrogen) atoms. The highest BCUT2D eigenvalue weighted by Crippen LogP contribution is 2.19. The number of carbonyl (C=O) groups excluding carboxylic acids is 1. The second-order valence-electron chi connectivity index (χ2n) is 7.08. The van der Waals surface area contributed by atoms with Crippen molar-refractivity contribution in [2.24, 2.45) is 10.5 Å². The maximum atomic E-state index is 12.7. The van der Waals surface area contributed by atoms with E-state index in [-0.39, 0.29) is 16.5 Å². The van der Waals surface area contributed by atoms with Crippen LogP contribution in [0, 0.1) is 5.41 Å². The minimum absolute atomic E-state index is 0.136. The predicted molar refractivity (Wildman–Crippen MR) is 110 cm³/mol. The van der Waals surface area contributed by atoms with E-state index in [1.165, 1.54) is 12.1 Å². The van der Waals surface area contributed by atoms with E-state index < -0.39 is 15.3 Å². The summed E-state index contributed by atoms with van der Waals surface area (Å²) in [6.45, 7) is 5.40. The molecule has 0 aliphatic carbocycles. The van der Waals surface area contributed by atoms with Crippen LogP contribution in [0.1, 0.15) is 20.8 Å². The van der Waals surface area contributed by atoms with Crippen molar-refractivity contribution in [3.63, 3.8) is 0 Å². The van der Waals surface area contributed by atoms with Crippen LogP contribution >= 0.6 is 11.6 Å². The first-order valence-corrected chi connectivity index (χ1v) is 10.4. The molecule has 0 saturated carbocycles. The molecule has 2 N–H and O–H groups in total. The summed E-state index contributed by atoms with van der Waals surface area (Å²) in [6, 6.07) is 13.0. The van der Waals surface area contributed by atoms with E-state index >= 15 is 0 Å². The molecular formula is C19H22ClN3O3S. The van der Waals surface area contributed by atoms with E-state index in [9.17, 15) is 13.2 Å². The first-order chi connectivity index (χ1) is 12.5. The third-order valence-corrected chi connectivity index (χ3v) is 4.96. The van der Waals surface area contributed by atoms with Gasteiger partial charge in [0.2, 0.25) is 5.78 Å². The van der Waals surface area contributed by atoms with Gasteiger partial charge in [0.05, 0.1) is 10.6 Å². The monoisotopic (exact) mass is 407 g/mol. The summed E-state index contributed by atoms with van der Waals surface area (Å²) >= 11 is 5.89. The Bertz CT molecular complexity index is 945. The molecule has 0 radical (unpaired) electrons. The second-order valence-corrected chi connectivity index (χ2v) is 9.53. The van der Waals surface area contributed by atoms with Crippen LogP contribution in [-0.2, 0) is 14.6 Å². The number of carbonyl (C=O) groups is 1. The van der Waals surface area contributed by atoms with Gasteiger partial charge in [-0.3, -0.25) is 10.2 Å². The zero-order chi connectivity index (χ0) is 20.2. The molecule has 0 saturated heterocycles. The summed E-state index contributed by atoms with van der Waals surface area (Å²) in [5.41, 5.74) is 3.38. The molecule has 0 aliphatic rings.